The number of aliphatic hydroxyl groups excluding tert-OH is 2. The van der Waals surface area contributed by atoms with E-state index in [-0.39, 0.29) is 0 Å². The molecule has 1 aromatic rings. The Morgan fingerprint density at radius 1 is 1.65 bits per heavy atom. The van der Waals surface area contributed by atoms with Crippen molar-refractivity contribution < 1.29 is 19.3 Å². The first-order valence-corrected chi connectivity index (χ1v) is 6.37. The molecule has 2 heterocycles. The number of hydrogen-bond donors (Lipinski definition) is 3. The summed E-state index contributed by atoms with van der Waals surface area (Å²) in [6.45, 7) is -0.691. The molecular weight excluding hydrogens is 339 g/mol. The van der Waals surface area contributed by atoms with Crippen molar-refractivity contribution in [3.8, 4) is 12.3 Å². The molecule has 0 bridgehead atoms. The van der Waals surface area contributed by atoms with Crippen LogP contribution in [0, 0.1) is 18.2 Å². The molecule has 0 spiro atoms. The number of aromatic amines is 1. The summed E-state index contributed by atoms with van der Waals surface area (Å²) in [5.41, 5.74) is -3.81. The molecular formula is C11H10BrFN2O5. The fourth-order valence-electron chi connectivity index (χ4n) is 1.92. The molecule has 4 atom stereocenters. The maximum absolute atomic E-state index is 13.3. The van der Waals surface area contributed by atoms with Crippen LogP contribution in [0.2, 0.25) is 0 Å². The molecule has 1 aliphatic rings. The zero-order valence-electron chi connectivity index (χ0n) is 9.92. The molecule has 0 aromatic carbocycles. The smallest absolute Gasteiger partial charge is 0.330 e. The van der Waals surface area contributed by atoms with Gasteiger partial charge in [-0.05, 0) is 0 Å². The van der Waals surface area contributed by atoms with Crippen LogP contribution in [0.4, 0.5) is 4.39 Å². The standard InChI is InChI=1S/C11H10BrFN2O5/c1-2-11(4-16)7(17)6(12)9(20-11)15-3-5(13)8(18)14-10(15)19/h1,3,6-7,9,16-17H,4H2,(H,14,18,19)/t6?,7?,9-,11-/m1/s1. The third-order valence-electron chi connectivity index (χ3n) is 3.06. The highest BCUT2D eigenvalue weighted by Gasteiger charge is 2.53. The third kappa shape index (κ3) is 2.10. The fraction of sp³-hybridized carbons (Fsp3) is 0.455. The van der Waals surface area contributed by atoms with E-state index in [0.717, 1.165) is 4.57 Å². The van der Waals surface area contributed by atoms with E-state index in [2.05, 4.69) is 21.9 Å². The molecule has 20 heavy (non-hydrogen) atoms. The van der Waals surface area contributed by atoms with E-state index in [4.69, 9.17) is 11.2 Å². The summed E-state index contributed by atoms with van der Waals surface area (Å²) in [6.07, 6.45) is 3.36. The van der Waals surface area contributed by atoms with E-state index in [1.54, 1.807) is 4.98 Å². The molecule has 1 fully saturated rings. The minimum absolute atomic E-state index is 0.650. The molecule has 0 amide bonds. The maximum atomic E-state index is 13.3. The van der Waals surface area contributed by atoms with Crippen molar-refractivity contribution in [1.82, 2.24) is 9.55 Å². The van der Waals surface area contributed by atoms with E-state index in [1.165, 1.54) is 0 Å². The second-order valence-electron chi connectivity index (χ2n) is 4.23. The highest BCUT2D eigenvalue weighted by molar-refractivity contribution is 9.09. The highest BCUT2D eigenvalue weighted by Crippen LogP contribution is 2.40. The van der Waals surface area contributed by atoms with Gasteiger partial charge >= 0.3 is 5.69 Å². The van der Waals surface area contributed by atoms with Gasteiger partial charge in [-0.15, -0.1) is 6.42 Å². The Kier molecular flexibility index (Phi) is 3.84. The van der Waals surface area contributed by atoms with Crippen LogP contribution in [0.15, 0.2) is 15.8 Å². The van der Waals surface area contributed by atoms with Crippen LogP contribution >= 0.6 is 15.9 Å². The zero-order chi connectivity index (χ0) is 15.1. The monoisotopic (exact) mass is 348 g/mol. The maximum Gasteiger partial charge on any atom is 0.330 e. The first-order chi connectivity index (χ1) is 9.36. The predicted octanol–water partition coefficient (Wildman–Crippen LogP) is -1.31. The van der Waals surface area contributed by atoms with Gasteiger partial charge in [-0.1, -0.05) is 21.9 Å². The number of ether oxygens (including phenoxy) is 1. The Bertz CT molecular complexity index is 681. The Morgan fingerprint density at radius 3 is 2.80 bits per heavy atom. The summed E-state index contributed by atoms with van der Waals surface area (Å²) in [6, 6.07) is 0. The Balaban J connectivity index is 2.51. The van der Waals surface area contributed by atoms with Gasteiger partial charge in [0, 0.05) is 0 Å². The molecule has 0 radical (unpaired) electrons. The summed E-state index contributed by atoms with van der Waals surface area (Å²) in [5.74, 6) is 0.929. The Hall–Kier alpha value is -1.47. The topological polar surface area (TPSA) is 105 Å². The Morgan fingerprint density at radius 2 is 2.30 bits per heavy atom. The molecule has 7 nitrogen and oxygen atoms in total. The van der Waals surface area contributed by atoms with Gasteiger partial charge in [0.25, 0.3) is 5.56 Å². The molecule has 9 heteroatoms. The molecule has 0 aliphatic carbocycles. The van der Waals surface area contributed by atoms with Crippen LogP contribution in [0.5, 0.6) is 0 Å². The number of terminal acetylenes is 1. The molecule has 1 aromatic heterocycles. The van der Waals surface area contributed by atoms with Gasteiger partial charge in [0.2, 0.25) is 5.82 Å². The van der Waals surface area contributed by atoms with Gasteiger partial charge in [0.1, 0.15) is 6.10 Å². The van der Waals surface area contributed by atoms with E-state index in [9.17, 15) is 24.2 Å². The van der Waals surface area contributed by atoms with Gasteiger partial charge in [-0.2, -0.15) is 4.39 Å². The fourth-order valence-corrected chi connectivity index (χ4v) is 2.71. The Labute approximate surface area is 120 Å². The number of nitrogens with zero attached hydrogens (tertiary/aromatic N) is 1. The van der Waals surface area contributed by atoms with Gasteiger partial charge in [-0.25, -0.2) is 4.79 Å². The number of nitrogens with one attached hydrogen (secondary N) is 1. The van der Waals surface area contributed by atoms with Crippen LogP contribution in [-0.2, 0) is 4.74 Å². The van der Waals surface area contributed by atoms with Crippen molar-refractivity contribution in [2.45, 2.75) is 22.8 Å². The quantitative estimate of drug-likeness (QED) is 0.455. The number of aliphatic hydroxyl groups is 2. The molecule has 2 unspecified atom stereocenters. The van der Waals surface area contributed by atoms with Crippen LogP contribution in [0.3, 0.4) is 0 Å². The minimum Gasteiger partial charge on any atom is -0.392 e. The van der Waals surface area contributed by atoms with Crippen molar-refractivity contribution in [2.75, 3.05) is 6.61 Å². The summed E-state index contributed by atoms with van der Waals surface area (Å²) in [4.78, 5) is 23.5. The van der Waals surface area contributed by atoms with Crippen molar-refractivity contribution in [3.63, 3.8) is 0 Å². The molecule has 0 saturated carbocycles. The van der Waals surface area contributed by atoms with Crippen molar-refractivity contribution in [3.05, 3.63) is 32.9 Å². The SMILES string of the molecule is C#C[C@]1(CO)O[C@@H](n2cc(F)c(=O)[nH]c2=O)C(Br)C1O. The molecule has 108 valence electrons. The molecule has 1 aliphatic heterocycles. The first kappa shape index (κ1) is 14.9. The lowest BCUT2D eigenvalue weighted by Gasteiger charge is -2.23. The number of hydrogen-bond acceptors (Lipinski definition) is 5. The minimum atomic E-state index is -1.72. The summed E-state index contributed by atoms with van der Waals surface area (Å²) in [7, 11) is 0. The summed E-state index contributed by atoms with van der Waals surface area (Å²) < 4.78 is 19.3. The molecule has 1 saturated heterocycles. The second-order valence-corrected chi connectivity index (χ2v) is 5.29. The average Bonchev–Trinajstić information content (AvgIpc) is 2.68. The van der Waals surface area contributed by atoms with E-state index in [0.29, 0.717) is 6.20 Å². The lowest BCUT2D eigenvalue weighted by Crippen LogP contribution is -2.43. The van der Waals surface area contributed by atoms with Gasteiger partial charge in [0.15, 0.2) is 11.8 Å². The number of halogens is 2. The van der Waals surface area contributed by atoms with Crippen LogP contribution < -0.4 is 11.2 Å². The lowest BCUT2D eigenvalue weighted by atomic mass is 9.99. The van der Waals surface area contributed by atoms with Gasteiger partial charge in [-0.3, -0.25) is 14.3 Å². The second kappa shape index (κ2) is 5.14. The van der Waals surface area contributed by atoms with Crippen molar-refractivity contribution >= 4 is 15.9 Å². The number of alkyl halides is 1. The summed E-state index contributed by atoms with van der Waals surface area (Å²) in [5, 5.41) is 19.3. The largest absolute Gasteiger partial charge is 0.392 e. The third-order valence-corrected chi connectivity index (χ3v) is 4.01. The van der Waals surface area contributed by atoms with Gasteiger partial charge < -0.3 is 14.9 Å². The van der Waals surface area contributed by atoms with Crippen LogP contribution in [0.25, 0.3) is 0 Å². The van der Waals surface area contributed by atoms with E-state index >= 15 is 0 Å². The number of H-pyrrole nitrogens is 1. The zero-order valence-corrected chi connectivity index (χ0v) is 11.5. The van der Waals surface area contributed by atoms with Gasteiger partial charge in [0.05, 0.1) is 17.6 Å². The van der Waals surface area contributed by atoms with Crippen LogP contribution in [-0.4, -0.2) is 42.9 Å². The average molecular weight is 349 g/mol. The predicted molar refractivity (Wildman–Crippen MR) is 68.8 cm³/mol. The van der Waals surface area contributed by atoms with E-state index in [1.807, 2.05) is 0 Å². The normalized spacial score (nSPS) is 33.0. The van der Waals surface area contributed by atoms with Crippen molar-refractivity contribution in [2.24, 2.45) is 0 Å². The lowest BCUT2D eigenvalue weighted by molar-refractivity contribution is -0.0913. The van der Waals surface area contributed by atoms with Crippen molar-refractivity contribution in [1.29, 1.82) is 0 Å². The summed E-state index contributed by atoms with van der Waals surface area (Å²) >= 11 is 3.09. The molecule has 2 rings (SSSR count). The first-order valence-electron chi connectivity index (χ1n) is 5.46. The molecule has 3 N–H and O–H groups in total. The highest BCUT2D eigenvalue weighted by atomic mass is 79.9. The number of rotatable bonds is 2. The van der Waals surface area contributed by atoms with Crippen LogP contribution in [0.1, 0.15) is 6.23 Å². The van der Waals surface area contributed by atoms with E-state index < -0.39 is 46.4 Å². The number of aromatic nitrogens is 2.